The maximum atomic E-state index is 12.6. The predicted octanol–water partition coefficient (Wildman–Crippen LogP) is 6.85. The first-order valence-electron chi connectivity index (χ1n) is 11.4. The van der Waals surface area contributed by atoms with Crippen LogP contribution in [0.1, 0.15) is 30.9 Å². The van der Waals surface area contributed by atoms with Crippen LogP contribution in [0.25, 0.3) is 22.5 Å². The summed E-state index contributed by atoms with van der Waals surface area (Å²) in [5.41, 5.74) is 3.92. The Morgan fingerprint density at radius 3 is 2.21 bits per heavy atom. The lowest BCUT2D eigenvalue weighted by Gasteiger charge is -2.07. The number of carbonyl (C=O) groups is 1. The largest absolute Gasteiger partial charge is 0.494 e. The van der Waals surface area contributed by atoms with E-state index in [0.29, 0.717) is 29.9 Å². The molecule has 170 valence electrons. The van der Waals surface area contributed by atoms with Gasteiger partial charge < -0.3 is 9.15 Å². The van der Waals surface area contributed by atoms with Crippen molar-refractivity contribution in [2.24, 2.45) is 0 Å². The van der Waals surface area contributed by atoms with Crippen molar-refractivity contribution < 1.29 is 13.9 Å². The van der Waals surface area contributed by atoms with Gasteiger partial charge in [-0.1, -0.05) is 79.7 Å². The number of aryl methyl sites for hydroxylation is 1. The second kappa shape index (κ2) is 11.0. The molecule has 1 amide bonds. The normalized spacial score (nSPS) is 10.5. The minimum Gasteiger partial charge on any atom is -0.494 e. The average molecular weight is 451 g/mol. The number of anilines is 1. The lowest BCUT2D eigenvalue weighted by atomic mass is 9.98. The fourth-order valence-electron chi connectivity index (χ4n) is 3.73. The predicted molar refractivity (Wildman–Crippen MR) is 133 cm³/mol. The summed E-state index contributed by atoms with van der Waals surface area (Å²) < 4.78 is 11.8. The molecule has 5 heteroatoms. The van der Waals surface area contributed by atoms with Gasteiger partial charge >= 0.3 is 0 Å². The summed E-state index contributed by atoms with van der Waals surface area (Å²) in [6.45, 7) is 2.53. The lowest BCUT2D eigenvalue weighted by molar-refractivity contribution is -0.116. The Morgan fingerprint density at radius 2 is 1.59 bits per heavy atom. The van der Waals surface area contributed by atoms with Crippen LogP contribution in [0.4, 0.5) is 5.88 Å². The molecule has 5 nitrogen and oxygen atoms in total. The maximum absolute atomic E-state index is 12.6. The third kappa shape index (κ3) is 5.36. The number of nitrogens with zero attached hydrogens (tertiary/aromatic N) is 1. The lowest BCUT2D eigenvalue weighted by Crippen LogP contribution is -2.13. The first-order valence-corrected chi connectivity index (χ1v) is 11.4. The minimum atomic E-state index is -0.227. The van der Waals surface area contributed by atoms with E-state index in [1.54, 1.807) is 0 Å². The van der Waals surface area contributed by atoms with Crippen LogP contribution in [0, 0.1) is 11.3 Å². The third-order valence-corrected chi connectivity index (χ3v) is 5.52. The number of ether oxygens (including phenoxy) is 1. The van der Waals surface area contributed by atoms with Crippen LogP contribution in [0.5, 0.6) is 5.75 Å². The van der Waals surface area contributed by atoms with Crippen LogP contribution in [-0.2, 0) is 11.2 Å². The molecule has 0 aliphatic rings. The number of nitrogens with one attached hydrogen (secondary N) is 1. The van der Waals surface area contributed by atoms with Gasteiger partial charge in [0.05, 0.1) is 6.61 Å². The summed E-state index contributed by atoms with van der Waals surface area (Å²) >= 11 is 0. The third-order valence-electron chi connectivity index (χ3n) is 5.52. The molecule has 0 unspecified atom stereocenters. The van der Waals surface area contributed by atoms with E-state index in [1.165, 1.54) is 5.56 Å². The van der Waals surface area contributed by atoms with Crippen molar-refractivity contribution >= 4 is 11.8 Å². The molecule has 0 atom stereocenters. The van der Waals surface area contributed by atoms with E-state index in [2.05, 4.69) is 18.3 Å². The minimum absolute atomic E-state index is 0.168. The van der Waals surface area contributed by atoms with Crippen LogP contribution < -0.4 is 10.1 Å². The highest BCUT2D eigenvalue weighted by atomic mass is 16.5. The van der Waals surface area contributed by atoms with Gasteiger partial charge in [-0.05, 0) is 36.1 Å². The summed E-state index contributed by atoms with van der Waals surface area (Å²) in [6, 6.07) is 29.3. The molecule has 0 spiro atoms. The molecule has 0 radical (unpaired) electrons. The van der Waals surface area contributed by atoms with E-state index < -0.39 is 0 Å². The summed E-state index contributed by atoms with van der Waals surface area (Å²) in [7, 11) is 0. The maximum Gasteiger partial charge on any atom is 0.226 e. The van der Waals surface area contributed by atoms with Crippen molar-refractivity contribution in [1.29, 1.82) is 5.26 Å². The number of carbonyl (C=O) groups excluding carboxylic acids is 1. The number of benzene rings is 3. The molecule has 0 saturated carbocycles. The Hall–Kier alpha value is -4.30. The number of hydrogen-bond acceptors (Lipinski definition) is 4. The summed E-state index contributed by atoms with van der Waals surface area (Å²) in [5, 5.41) is 12.7. The molecule has 4 rings (SSSR count). The van der Waals surface area contributed by atoms with Gasteiger partial charge in [0.1, 0.15) is 23.1 Å². The van der Waals surface area contributed by atoms with Crippen LogP contribution >= 0.6 is 0 Å². The van der Waals surface area contributed by atoms with Gasteiger partial charge in [-0.15, -0.1) is 0 Å². The zero-order valence-corrected chi connectivity index (χ0v) is 19.1. The van der Waals surface area contributed by atoms with Crippen LogP contribution in [-0.4, -0.2) is 12.5 Å². The first-order chi connectivity index (χ1) is 16.7. The van der Waals surface area contributed by atoms with Crippen molar-refractivity contribution in [3.63, 3.8) is 0 Å². The van der Waals surface area contributed by atoms with Gasteiger partial charge in [0.25, 0.3) is 0 Å². The highest BCUT2D eigenvalue weighted by molar-refractivity contribution is 5.95. The van der Waals surface area contributed by atoms with Gasteiger partial charge in [0.2, 0.25) is 11.8 Å². The average Bonchev–Trinajstić information content (AvgIpc) is 3.26. The molecule has 0 aliphatic heterocycles. The molecular formula is C29H26N2O3. The highest BCUT2D eigenvalue weighted by Crippen LogP contribution is 2.41. The molecule has 1 aromatic heterocycles. The Bertz CT molecular complexity index is 1270. The number of nitriles is 1. The van der Waals surface area contributed by atoms with Gasteiger partial charge in [-0.25, -0.2) is 0 Å². The summed E-state index contributed by atoms with van der Waals surface area (Å²) in [5.74, 6) is 1.28. The first kappa shape index (κ1) is 22.9. The molecule has 0 aliphatic carbocycles. The number of amides is 1. The molecule has 1 N–H and O–H groups in total. The Labute approximate surface area is 199 Å². The van der Waals surface area contributed by atoms with Gasteiger partial charge in [0, 0.05) is 17.5 Å². The highest BCUT2D eigenvalue weighted by Gasteiger charge is 2.24. The van der Waals surface area contributed by atoms with Crippen molar-refractivity contribution in [3.05, 3.63) is 96.1 Å². The number of hydrogen-bond donors (Lipinski definition) is 1. The van der Waals surface area contributed by atoms with Crippen molar-refractivity contribution in [1.82, 2.24) is 0 Å². The van der Waals surface area contributed by atoms with E-state index in [-0.39, 0.29) is 18.2 Å². The molecule has 0 saturated heterocycles. The summed E-state index contributed by atoms with van der Waals surface area (Å²) in [4.78, 5) is 12.6. The van der Waals surface area contributed by atoms with Crippen molar-refractivity contribution in [3.8, 4) is 34.3 Å². The van der Waals surface area contributed by atoms with E-state index in [9.17, 15) is 10.1 Å². The Morgan fingerprint density at radius 1 is 0.941 bits per heavy atom. The molecule has 4 aromatic rings. The van der Waals surface area contributed by atoms with Crippen LogP contribution in [0.3, 0.4) is 0 Å². The molecular weight excluding hydrogens is 424 g/mol. The monoisotopic (exact) mass is 450 g/mol. The zero-order valence-electron chi connectivity index (χ0n) is 19.1. The second-order valence-electron chi connectivity index (χ2n) is 7.85. The SMILES string of the molecule is CCc1ccc(OCCCC(=O)Nc2oc(-c3ccccc3)c(-c3ccccc3)c2C#N)cc1. The number of rotatable bonds is 9. The van der Waals surface area contributed by atoms with Crippen LogP contribution in [0.2, 0.25) is 0 Å². The summed E-state index contributed by atoms with van der Waals surface area (Å²) in [6.07, 6.45) is 1.77. The Balaban J connectivity index is 1.47. The Kier molecular flexibility index (Phi) is 7.42. The van der Waals surface area contributed by atoms with E-state index >= 15 is 0 Å². The van der Waals surface area contributed by atoms with E-state index in [0.717, 1.165) is 23.3 Å². The molecule has 34 heavy (non-hydrogen) atoms. The molecule has 1 heterocycles. The van der Waals surface area contributed by atoms with Gasteiger partial charge in [-0.3, -0.25) is 10.1 Å². The second-order valence-corrected chi connectivity index (χ2v) is 7.85. The molecule has 0 fully saturated rings. The molecule has 0 bridgehead atoms. The van der Waals surface area contributed by atoms with E-state index in [4.69, 9.17) is 9.15 Å². The fourth-order valence-corrected chi connectivity index (χ4v) is 3.73. The van der Waals surface area contributed by atoms with Gasteiger partial charge in [0.15, 0.2) is 0 Å². The smallest absolute Gasteiger partial charge is 0.226 e. The zero-order chi connectivity index (χ0) is 23.8. The van der Waals surface area contributed by atoms with Crippen molar-refractivity contribution in [2.75, 3.05) is 11.9 Å². The van der Waals surface area contributed by atoms with Gasteiger partial charge in [-0.2, -0.15) is 5.26 Å². The standard InChI is InChI=1S/C29H26N2O3/c1-2-21-15-17-24(18-16-21)33-19-9-14-26(32)31-29-25(20-30)27(22-10-5-3-6-11-22)28(34-29)23-12-7-4-8-13-23/h3-8,10-13,15-18H,2,9,14,19H2,1H3,(H,31,32). The van der Waals surface area contributed by atoms with E-state index in [1.807, 2.05) is 84.9 Å². The molecule has 3 aromatic carbocycles. The van der Waals surface area contributed by atoms with Crippen molar-refractivity contribution in [2.45, 2.75) is 26.2 Å². The number of furan rings is 1. The van der Waals surface area contributed by atoms with Crippen LogP contribution in [0.15, 0.2) is 89.3 Å². The fraction of sp³-hybridized carbons (Fsp3) is 0.172. The topological polar surface area (TPSA) is 75.3 Å². The quantitative estimate of drug-likeness (QED) is 0.283.